The fraction of sp³-hybridized carbons (Fsp3) is 0.231. The Bertz CT molecular complexity index is 610. The second-order valence-corrected chi connectivity index (χ2v) is 6.72. The van der Waals surface area contributed by atoms with Gasteiger partial charge in [0, 0.05) is 16.5 Å². The summed E-state index contributed by atoms with van der Waals surface area (Å²) in [5, 5.41) is 0. The number of hydrogen-bond donors (Lipinski definition) is 1. The van der Waals surface area contributed by atoms with Gasteiger partial charge in [-0.3, -0.25) is 0 Å². The number of nitrogens with two attached hydrogens (primary N) is 1. The first kappa shape index (κ1) is 15.8. The van der Waals surface area contributed by atoms with Crippen molar-refractivity contribution in [2.45, 2.75) is 17.3 Å². The first-order valence-electron chi connectivity index (χ1n) is 5.78. The van der Waals surface area contributed by atoms with Crippen LogP contribution in [0.25, 0.3) is 0 Å². The lowest BCUT2D eigenvalue weighted by molar-refractivity contribution is 0.180. The first-order valence-corrected chi connectivity index (χ1v) is 8.35. The van der Waals surface area contributed by atoms with Crippen molar-refractivity contribution < 1.29 is 4.74 Å². The molecule has 0 saturated heterocycles. The quantitative estimate of drug-likeness (QED) is 0.743. The highest BCUT2D eigenvalue weighted by molar-refractivity contribution is 9.11. The monoisotopic (exact) mass is 417 g/mol. The second kappa shape index (κ2) is 7.40. The number of aromatic nitrogens is 2. The molecule has 0 atom stereocenters. The van der Waals surface area contributed by atoms with E-state index in [-0.39, 0.29) is 0 Å². The lowest BCUT2D eigenvalue weighted by Gasteiger charge is -2.08. The molecule has 0 radical (unpaired) electrons. The van der Waals surface area contributed by atoms with Crippen LogP contribution in [-0.2, 0) is 17.1 Å². The number of rotatable bonds is 5. The standard InChI is InChI=1S/C13H13Br2N3OS/c1-19-6-10-12(15)13(16)18-11(17-10)7-20-9-4-2-3-8(14)5-9/h2-5H,6-7H2,1H3,(H2,16,17,18). The molecule has 1 aromatic heterocycles. The number of thioether (sulfide) groups is 1. The Balaban J connectivity index is 2.13. The van der Waals surface area contributed by atoms with Gasteiger partial charge in [-0.2, -0.15) is 0 Å². The average molecular weight is 419 g/mol. The maximum atomic E-state index is 5.87. The molecule has 106 valence electrons. The fourth-order valence-electron chi connectivity index (χ4n) is 1.57. The molecule has 7 heteroatoms. The van der Waals surface area contributed by atoms with E-state index in [1.165, 1.54) is 0 Å². The summed E-state index contributed by atoms with van der Waals surface area (Å²) in [7, 11) is 1.63. The molecular formula is C13H13Br2N3OS. The van der Waals surface area contributed by atoms with Crippen molar-refractivity contribution in [3.63, 3.8) is 0 Å². The Kier molecular flexibility index (Phi) is 5.83. The van der Waals surface area contributed by atoms with Crippen molar-refractivity contribution in [1.82, 2.24) is 9.97 Å². The highest BCUT2D eigenvalue weighted by Crippen LogP contribution is 2.27. The molecule has 0 aliphatic rings. The Labute approximate surface area is 138 Å². The molecule has 0 fully saturated rings. The zero-order valence-electron chi connectivity index (χ0n) is 10.8. The van der Waals surface area contributed by atoms with Crippen LogP contribution in [0, 0.1) is 0 Å². The van der Waals surface area contributed by atoms with E-state index in [1.54, 1.807) is 18.9 Å². The first-order chi connectivity index (χ1) is 9.60. The van der Waals surface area contributed by atoms with Crippen molar-refractivity contribution in [1.29, 1.82) is 0 Å². The summed E-state index contributed by atoms with van der Waals surface area (Å²) >= 11 is 8.49. The minimum atomic E-state index is 0.405. The van der Waals surface area contributed by atoms with Crippen LogP contribution in [0.3, 0.4) is 0 Å². The van der Waals surface area contributed by atoms with Crippen LogP contribution in [0.5, 0.6) is 0 Å². The van der Waals surface area contributed by atoms with Gasteiger partial charge in [0.25, 0.3) is 0 Å². The molecule has 2 rings (SSSR count). The number of nitrogens with zero attached hydrogens (tertiary/aromatic N) is 2. The maximum Gasteiger partial charge on any atom is 0.141 e. The van der Waals surface area contributed by atoms with E-state index in [2.05, 4.69) is 47.9 Å². The van der Waals surface area contributed by atoms with Gasteiger partial charge >= 0.3 is 0 Å². The molecular weight excluding hydrogens is 406 g/mol. The topological polar surface area (TPSA) is 61.0 Å². The highest BCUT2D eigenvalue weighted by Gasteiger charge is 2.10. The molecule has 2 N–H and O–H groups in total. The van der Waals surface area contributed by atoms with E-state index in [1.807, 2.05) is 18.2 Å². The minimum Gasteiger partial charge on any atom is -0.383 e. The third kappa shape index (κ3) is 4.18. The zero-order chi connectivity index (χ0) is 14.5. The molecule has 0 bridgehead atoms. The molecule has 20 heavy (non-hydrogen) atoms. The number of halogens is 2. The largest absolute Gasteiger partial charge is 0.383 e. The fourth-order valence-corrected chi connectivity index (χ4v) is 3.22. The van der Waals surface area contributed by atoms with Gasteiger partial charge in [-0.1, -0.05) is 22.0 Å². The van der Waals surface area contributed by atoms with Gasteiger partial charge in [0.15, 0.2) is 0 Å². The van der Waals surface area contributed by atoms with Crippen LogP contribution in [0.1, 0.15) is 11.5 Å². The molecule has 0 aliphatic heterocycles. The lowest BCUT2D eigenvalue weighted by atomic mass is 10.4. The Morgan fingerprint density at radius 3 is 2.80 bits per heavy atom. The second-order valence-electron chi connectivity index (χ2n) is 3.96. The van der Waals surface area contributed by atoms with E-state index in [0.717, 1.165) is 15.1 Å². The summed E-state index contributed by atoms with van der Waals surface area (Å²) in [6.45, 7) is 0.405. The Morgan fingerprint density at radius 2 is 2.10 bits per heavy atom. The number of nitrogen functional groups attached to an aromatic ring is 1. The van der Waals surface area contributed by atoms with E-state index in [4.69, 9.17) is 10.5 Å². The van der Waals surface area contributed by atoms with Crippen molar-refractivity contribution in [3.05, 3.63) is 44.7 Å². The van der Waals surface area contributed by atoms with Gasteiger partial charge in [0.1, 0.15) is 11.6 Å². The van der Waals surface area contributed by atoms with Crippen molar-refractivity contribution in [3.8, 4) is 0 Å². The van der Waals surface area contributed by atoms with Crippen LogP contribution in [0.2, 0.25) is 0 Å². The summed E-state index contributed by atoms with van der Waals surface area (Å²) in [6, 6.07) is 8.10. The Morgan fingerprint density at radius 1 is 1.30 bits per heavy atom. The van der Waals surface area contributed by atoms with Gasteiger partial charge in [-0.25, -0.2) is 9.97 Å². The SMILES string of the molecule is COCc1nc(CSc2cccc(Br)c2)nc(N)c1Br. The van der Waals surface area contributed by atoms with Gasteiger partial charge in [0.05, 0.1) is 22.5 Å². The van der Waals surface area contributed by atoms with Gasteiger partial charge in [0.2, 0.25) is 0 Å². The van der Waals surface area contributed by atoms with E-state index < -0.39 is 0 Å². The van der Waals surface area contributed by atoms with Gasteiger partial charge in [-0.15, -0.1) is 11.8 Å². The predicted octanol–water partition coefficient (Wildman–Crippen LogP) is 4.02. The number of benzene rings is 1. The number of hydrogen-bond acceptors (Lipinski definition) is 5. The lowest BCUT2D eigenvalue weighted by Crippen LogP contribution is -2.05. The van der Waals surface area contributed by atoms with Crippen LogP contribution in [0.15, 0.2) is 38.1 Å². The van der Waals surface area contributed by atoms with Crippen molar-refractivity contribution in [2.24, 2.45) is 0 Å². The smallest absolute Gasteiger partial charge is 0.141 e. The minimum absolute atomic E-state index is 0.405. The summed E-state index contributed by atoms with van der Waals surface area (Å²) in [5.74, 6) is 1.80. The normalized spacial score (nSPS) is 10.8. The predicted molar refractivity (Wildman–Crippen MR) is 88.6 cm³/mol. The molecule has 2 aromatic rings. The number of anilines is 1. The van der Waals surface area contributed by atoms with Crippen LogP contribution in [-0.4, -0.2) is 17.1 Å². The summed E-state index contributed by atoms with van der Waals surface area (Å²) in [5.41, 5.74) is 6.64. The van der Waals surface area contributed by atoms with E-state index >= 15 is 0 Å². The zero-order valence-corrected chi connectivity index (χ0v) is 14.8. The summed E-state index contributed by atoms with van der Waals surface area (Å²) < 4.78 is 6.87. The van der Waals surface area contributed by atoms with Crippen LogP contribution in [0.4, 0.5) is 5.82 Å². The third-order valence-electron chi connectivity index (χ3n) is 2.44. The highest BCUT2D eigenvalue weighted by atomic mass is 79.9. The third-order valence-corrected chi connectivity index (χ3v) is 4.78. The maximum absolute atomic E-state index is 5.87. The number of methoxy groups -OCH3 is 1. The van der Waals surface area contributed by atoms with Crippen molar-refractivity contribution >= 4 is 49.4 Å². The molecule has 0 saturated carbocycles. The molecule has 0 aliphatic carbocycles. The number of ether oxygens (including phenoxy) is 1. The average Bonchev–Trinajstić information content (AvgIpc) is 2.42. The van der Waals surface area contributed by atoms with E-state index in [9.17, 15) is 0 Å². The molecule has 1 heterocycles. The van der Waals surface area contributed by atoms with Gasteiger partial charge < -0.3 is 10.5 Å². The molecule has 0 spiro atoms. The molecule has 0 unspecified atom stereocenters. The van der Waals surface area contributed by atoms with Crippen LogP contribution < -0.4 is 5.73 Å². The summed E-state index contributed by atoms with van der Waals surface area (Å²) in [6.07, 6.45) is 0. The molecule has 1 aromatic carbocycles. The van der Waals surface area contributed by atoms with Crippen molar-refractivity contribution in [2.75, 3.05) is 12.8 Å². The molecule has 4 nitrogen and oxygen atoms in total. The Hall–Kier alpha value is -0.630. The van der Waals surface area contributed by atoms with Crippen LogP contribution >= 0.6 is 43.6 Å². The van der Waals surface area contributed by atoms with E-state index in [0.29, 0.717) is 28.5 Å². The van der Waals surface area contributed by atoms with Gasteiger partial charge in [-0.05, 0) is 34.1 Å². The summed E-state index contributed by atoms with van der Waals surface area (Å²) in [4.78, 5) is 9.90. The molecule has 0 amide bonds.